The summed E-state index contributed by atoms with van der Waals surface area (Å²) in [6.07, 6.45) is 0. The van der Waals surface area contributed by atoms with Gasteiger partial charge in [-0.3, -0.25) is 4.90 Å². The fraction of sp³-hybridized carbons (Fsp3) is 0.364. The Balaban J connectivity index is 1.50. The number of hydrogen-bond acceptors (Lipinski definition) is 4. The second-order valence-corrected chi connectivity index (χ2v) is 7.98. The summed E-state index contributed by atoms with van der Waals surface area (Å²) in [6, 6.07) is 16.4. The maximum Gasteiger partial charge on any atom is 0.317 e. The molecule has 0 aliphatic rings. The fourth-order valence-electron chi connectivity index (χ4n) is 3.04. The van der Waals surface area contributed by atoms with Crippen molar-refractivity contribution >= 4 is 27.6 Å². The molecule has 6 heteroatoms. The third-order valence-electron chi connectivity index (χ3n) is 4.82. The minimum absolute atomic E-state index is 0.0912. The summed E-state index contributed by atoms with van der Waals surface area (Å²) >= 11 is 1.63. The molecule has 0 saturated heterocycles. The van der Waals surface area contributed by atoms with E-state index < -0.39 is 0 Å². The second kappa shape index (κ2) is 9.66. The van der Waals surface area contributed by atoms with Gasteiger partial charge in [-0.25, -0.2) is 9.78 Å². The maximum absolute atomic E-state index is 12.4. The lowest BCUT2D eigenvalue weighted by Crippen LogP contribution is -2.36. The number of carbonyl (C=O) groups is 1. The summed E-state index contributed by atoms with van der Waals surface area (Å²) in [7, 11) is 1.80. The quantitative estimate of drug-likeness (QED) is 0.611. The zero-order valence-corrected chi connectivity index (χ0v) is 17.6. The highest BCUT2D eigenvalue weighted by atomic mass is 32.1. The Bertz CT molecular complexity index is 869. The van der Waals surface area contributed by atoms with Crippen LogP contribution in [0.1, 0.15) is 30.0 Å². The van der Waals surface area contributed by atoms with E-state index in [4.69, 9.17) is 0 Å². The largest absolute Gasteiger partial charge is 0.334 e. The van der Waals surface area contributed by atoms with Gasteiger partial charge >= 0.3 is 6.03 Å². The van der Waals surface area contributed by atoms with E-state index in [9.17, 15) is 4.79 Å². The van der Waals surface area contributed by atoms with Gasteiger partial charge in [0.25, 0.3) is 0 Å². The molecular formula is C22H28N4OS. The number of thiazole rings is 1. The van der Waals surface area contributed by atoms with Crippen molar-refractivity contribution in [3.05, 3.63) is 64.7 Å². The highest BCUT2D eigenvalue weighted by molar-refractivity contribution is 7.18. The van der Waals surface area contributed by atoms with E-state index in [1.54, 1.807) is 23.3 Å². The van der Waals surface area contributed by atoms with Gasteiger partial charge < -0.3 is 10.2 Å². The number of carbonyl (C=O) groups excluding carboxylic acids is 1. The predicted molar refractivity (Wildman–Crippen MR) is 116 cm³/mol. The molecule has 0 radical (unpaired) electrons. The van der Waals surface area contributed by atoms with Crippen LogP contribution in [0, 0.1) is 0 Å². The van der Waals surface area contributed by atoms with Crippen LogP contribution < -0.4 is 5.32 Å². The third kappa shape index (κ3) is 5.30. The molecule has 0 spiro atoms. The third-order valence-corrected chi connectivity index (χ3v) is 5.85. The molecule has 0 unspecified atom stereocenters. The number of fused-ring (bicyclic) bond motifs is 1. The lowest BCUT2D eigenvalue weighted by atomic mass is 10.1. The number of hydrogen-bond donors (Lipinski definition) is 1. The Morgan fingerprint density at radius 1 is 1.00 bits per heavy atom. The average molecular weight is 397 g/mol. The molecule has 0 aliphatic carbocycles. The van der Waals surface area contributed by atoms with Crippen LogP contribution in [0.4, 0.5) is 4.79 Å². The van der Waals surface area contributed by atoms with Gasteiger partial charge in [-0.15, -0.1) is 11.3 Å². The van der Waals surface area contributed by atoms with Crippen LogP contribution in [-0.2, 0) is 19.6 Å². The molecule has 1 N–H and O–H groups in total. The molecule has 1 aromatic heterocycles. The maximum atomic E-state index is 12.4. The van der Waals surface area contributed by atoms with Crippen LogP contribution in [0.25, 0.3) is 10.2 Å². The number of urea groups is 1. The molecule has 1 heterocycles. The highest BCUT2D eigenvalue weighted by Crippen LogP contribution is 2.22. The summed E-state index contributed by atoms with van der Waals surface area (Å²) < 4.78 is 1.15. The van der Waals surface area contributed by atoms with Crippen molar-refractivity contribution < 1.29 is 4.79 Å². The van der Waals surface area contributed by atoms with Gasteiger partial charge in [0.1, 0.15) is 5.01 Å². The number of nitrogens with one attached hydrogen (secondary N) is 1. The van der Waals surface area contributed by atoms with Crippen molar-refractivity contribution in [3.8, 4) is 0 Å². The predicted octanol–water partition coefficient (Wildman–Crippen LogP) is 4.48. The Kier molecular flexibility index (Phi) is 7.01. The van der Waals surface area contributed by atoms with E-state index in [-0.39, 0.29) is 6.03 Å². The van der Waals surface area contributed by atoms with Crippen molar-refractivity contribution in [2.75, 3.05) is 20.1 Å². The van der Waals surface area contributed by atoms with Crippen molar-refractivity contribution in [1.29, 1.82) is 0 Å². The van der Waals surface area contributed by atoms with Crippen molar-refractivity contribution in [2.24, 2.45) is 0 Å². The topological polar surface area (TPSA) is 48.5 Å². The molecule has 2 amide bonds. The van der Waals surface area contributed by atoms with Gasteiger partial charge in [0.15, 0.2) is 0 Å². The lowest BCUT2D eigenvalue weighted by molar-refractivity contribution is 0.206. The Labute approximate surface area is 171 Å². The summed E-state index contributed by atoms with van der Waals surface area (Å²) in [5, 5.41) is 3.93. The van der Waals surface area contributed by atoms with E-state index in [1.807, 2.05) is 18.2 Å². The van der Waals surface area contributed by atoms with Gasteiger partial charge in [0, 0.05) is 20.1 Å². The smallest absolute Gasteiger partial charge is 0.317 e. The second-order valence-electron chi connectivity index (χ2n) is 6.87. The van der Waals surface area contributed by atoms with E-state index in [0.717, 1.165) is 40.4 Å². The zero-order chi connectivity index (χ0) is 19.9. The van der Waals surface area contributed by atoms with Crippen LogP contribution in [0.3, 0.4) is 0 Å². The molecule has 0 bridgehead atoms. The SMILES string of the molecule is CCN(CC)Cc1ccc(CNC(=O)N(C)Cc2nc3ccccc3s2)cc1. The molecule has 3 aromatic rings. The summed E-state index contributed by atoms with van der Waals surface area (Å²) in [6.45, 7) is 8.45. The molecule has 0 atom stereocenters. The lowest BCUT2D eigenvalue weighted by Gasteiger charge is -2.18. The standard InChI is InChI=1S/C22H28N4OS/c1-4-26(5-2)15-18-12-10-17(11-13-18)14-23-22(27)25(3)16-21-24-19-8-6-7-9-20(19)28-21/h6-13H,4-5,14-16H2,1-3H3,(H,23,27). The molecule has 0 aliphatic heterocycles. The summed E-state index contributed by atoms with van der Waals surface area (Å²) in [5.41, 5.74) is 3.39. The minimum Gasteiger partial charge on any atom is -0.334 e. The summed E-state index contributed by atoms with van der Waals surface area (Å²) in [5.74, 6) is 0. The number of benzene rings is 2. The van der Waals surface area contributed by atoms with Gasteiger partial charge in [-0.05, 0) is 36.3 Å². The number of amides is 2. The molecule has 0 fully saturated rings. The molecule has 2 aromatic carbocycles. The molecule has 148 valence electrons. The first-order valence-corrected chi connectivity index (χ1v) is 10.5. The van der Waals surface area contributed by atoms with E-state index in [0.29, 0.717) is 13.1 Å². The van der Waals surface area contributed by atoms with Crippen molar-refractivity contribution in [3.63, 3.8) is 0 Å². The van der Waals surface area contributed by atoms with E-state index in [1.165, 1.54) is 5.56 Å². The van der Waals surface area contributed by atoms with Gasteiger partial charge in [0.2, 0.25) is 0 Å². The molecular weight excluding hydrogens is 368 g/mol. The van der Waals surface area contributed by atoms with Crippen molar-refractivity contribution in [1.82, 2.24) is 20.1 Å². The number of aromatic nitrogens is 1. The number of nitrogens with zero attached hydrogens (tertiary/aromatic N) is 3. The summed E-state index contributed by atoms with van der Waals surface area (Å²) in [4.78, 5) is 21.1. The first kappa shape index (κ1) is 20.3. The zero-order valence-electron chi connectivity index (χ0n) is 16.8. The van der Waals surface area contributed by atoms with Crippen molar-refractivity contribution in [2.45, 2.75) is 33.5 Å². The monoisotopic (exact) mass is 396 g/mol. The van der Waals surface area contributed by atoms with Crippen LogP contribution >= 0.6 is 11.3 Å². The van der Waals surface area contributed by atoms with Gasteiger partial charge in [-0.1, -0.05) is 50.2 Å². The molecule has 3 rings (SSSR count). The van der Waals surface area contributed by atoms with Crippen LogP contribution in [0.15, 0.2) is 48.5 Å². The average Bonchev–Trinajstić information content (AvgIpc) is 3.13. The first-order chi connectivity index (χ1) is 13.6. The number of para-hydroxylation sites is 1. The van der Waals surface area contributed by atoms with E-state index >= 15 is 0 Å². The van der Waals surface area contributed by atoms with Crippen LogP contribution in [0.2, 0.25) is 0 Å². The van der Waals surface area contributed by atoms with Crippen LogP contribution in [-0.4, -0.2) is 41.0 Å². The number of rotatable bonds is 8. The Hall–Kier alpha value is -2.44. The highest BCUT2D eigenvalue weighted by Gasteiger charge is 2.12. The molecule has 5 nitrogen and oxygen atoms in total. The molecule has 0 saturated carbocycles. The Morgan fingerprint density at radius 3 is 2.36 bits per heavy atom. The minimum atomic E-state index is -0.0912. The first-order valence-electron chi connectivity index (χ1n) is 9.72. The van der Waals surface area contributed by atoms with E-state index in [2.05, 4.69) is 59.4 Å². The van der Waals surface area contributed by atoms with Gasteiger partial charge in [-0.2, -0.15) is 0 Å². The van der Waals surface area contributed by atoms with Crippen LogP contribution in [0.5, 0.6) is 0 Å². The Morgan fingerprint density at radius 2 is 1.68 bits per heavy atom. The normalized spacial score (nSPS) is 11.1. The molecule has 28 heavy (non-hydrogen) atoms. The van der Waals surface area contributed by atoms with Gasteiger partial charge in [0.05, 0.1) is 16.8 Å². The fourth-order valence-corrected chi connectivity index (χ4v) is 4.06.